The fraction of sp³-hybridized carbons (Fsp3) is 0.565. The molecular formula is C23H30N6O3S. The van der Waals surface area contributed by atoms with Crippen LogP contribution in [0.4, 0.5) is 10.5 Å². The van der Waals surface area contributed by atoms with Gasteiger partial charge in [-0.25, -0.2) is 18.8 Å². The van der Waals surface area contributed by atoms with Crippen molar-refractivity contribution in [1.29, 1.82) is 0 Å². The van der Waals surface area contributed by atoms with Gasteiger partial charge in [-0.2, -0.15) is 5.10 Å². The van der Waals surface area contributed by atoms with Gasteiger partial charge in [0.15, 0.2) is 9.92 Å². The Morgan fingerprint density at radius 1 is 1.27 bits per heavy atom. The number of rotatable bonds is 3. The third kappa shape index (κ3) is 3.55. The molecule has 1 saturated heterocycles. The Kier molecular flexibility index (Phi) is 5.00. The van der Waals surface area contributed by atoms with E-state index in [1.165, 1.54) is 34.9 Å². The summed E-state index contributed by atoms with van der Waals surface area (Å²) in [6.07, 6.45) is 7.77. The first-order chi connectivity index (χ1) is 15.9. The van der Waals surface area contributed by atoms with Gasteiger partial charge in [0, 0.05) is 5.69 Å². The number of aromatic nitrogens is 2. The first-order valence-electron chi connectivity index (χ1n) is 11.9. The molecule has 0 bridgehead atoms. The van der Waals surface area contributed by atoms with Crippen LogP contribution in [0.3, 0.4) is 0 Å². The first kappa shape index (κ1) is 21.1. The van der Waals surface area contributed by atoms with Crippen LogP contribution in [0.1, 0.15) is 54.4 Å². The molecule has 9 nitrogen and oxygen atoms in total. The van der Waals surface area contributed by atoms with Crippen LogP contribution >= 0.6 is 0 Å². The number of ether oxygens (including phenoxy) is 1. The second-order valence-corrected chi connectivity index (χ2v) is 11.5. The zero-order valence-electron chi connectivity index (χ0n) is 18.9. The van der Waals surface area contributed by atoms with Crippen molar-refractivity contribution in [2.24, 2.45) is 9.50 Å². The Hall–Kier alpha value is -2.43. The lowest BCUT2D eigenvalue weighted by molar-refractivity contribution is 0.0417. The number of hydrogen-bond donors (Lipinski definition) is 2. The molecule has 4 aliphatic rings. The average Bonchev–Trinajstić information content (AvgIpc) is 3.44. The van der Waals surface area contributed by atoms with E-state index in [-0.39, 0.29) is 10.9 Å². The molecule has 2 aliphatic carbocycles. The molecule has 2 amide bonds. The molecule has 10 heteroatoms. The van der Waals surface area contributed by atoms with Gasteiger partial charge in [-0.1, -0.05) is 13.0 Å². The topological polar surface area (TPSA) is 115 Å². The molecule has 1 fully saturated rings. The molecule has 3 heterocycles. The minimum Gasteiger partial charge on any atom is -0.475 e. The SMILES string of the molecule is C[C@@H]1CCc2cc3c(c(NC(=O)N=S(N)(=O)c4cnn5c4OC[C@@H](N4CCC4)C5)c21)CCC3. The van der Waals surface area contributed by atoms with E-state index < -0.39 is 15.9 Å². The number of hydrogen-bond acceptors (Lipinski definition) is 5. The molecule has 6 rings (SSSR count). The van der Waals surface area contributed by atoms with E-state index in [2.05, 4.69) is 32.7 Å². The van der Waals surface area contributed by atoms with Gasteiger partial charge in [-0.15, -0.1) is 4.36 Å². The number of aryl methyl sites for hydroxylation is 2. The molecule has 3 N–H and O–H groups in total. The normalized spacial score (nSPS) is 25.3. The van der Waals surface area contributed by atoms with Gasteiger partial charge >= 0.3 is 6.03 Å². The summed E-state index contributed by atoms with van der Waals surface area (Å²) in [7, 11) is -3.51. The second kappa shape index (κ2) is 7.82. The number of likely N-dealkylation sites (tertiary alicyclic amines) is 1. The van der Waals surface area contributed by atoms with E-state index in [9.17, 15) is 9.00 Å². The van der Waals surface area contributed by atoms with Gasteiger partial charge in [0.25, 0.3) is 0 Å². The van der Waals surface area contributed by atoms with E-state index in [1.807, 2.05) is 0 Å². The average molecular weight is 471 g/mol. The number of amides is 2. The number of carbonyl (C=O) groups excluding carboxylic acids is 1. The zero-order valence-corrected chi connectivity index (χ0v) is 19.7. The number of carbonyl (C=O) groups is 1. The Bertz CT molecular complexity index is 1260. The van der Waals surface area contributed by atoms with Crippen LogP contribution in [0.25, 0.3) is 0 Å². The van der Waals surface area contributed by atoms with Crippen molar-refractivity contribution in [2.45, 2.75) is 68.8 Å². The molecule has 1 unspecified atom stereocenters. The number of nitrogens with one attached hydrogen (secondary N) is 1. The van der Waals surface area contributed by atoms with Crippen molar-refractivity contribution < 1.29 is 13.7 Å². The lowest BCUT2D eigenvalue weighted by Gasteiger charge is -2.40. The minimum absolute atomic E-state index is 0.177. The maximum atomic E-state index is 13.3. The van der Waals surface area contributed by atoms with Crippen LogP contribution in [0, 0.1) is 0 Å². The summed E-state index contributed by atoms with van der Waals surface area (Å²) in [5, 5.41) is 13.4. The second-order valence-electron chi connectivity index (χ2n) is 9.70. The van der Waals surface area contributed by atoms with Crippen LogP contribution in [0.5, 0.6) is 5.88 Å². The summed E-state index contributed by atoms with van der Waals surface area (Å²) in [6, 6.07) is 1.87. The van der Waals surface area contributed by atoms with Gasteiger partial charge in [0.2, 0.25) is 5.88 Å². The molecular weight excluding hydrogens is 440 g/mol. The van der Waals surface area contributed by atoms with Crippen LogP contribution in [0.2, 0.25) is 0 Å². The lowest BCUT2D eigenvalue weighted by Crippen LogP contribution is -2.51. The summed E-state index contributed by atoms with van der Waals surface area (Å²) in [5.41, 5.74) is 5.87. The van der Waals surface area contributed by atoms with Crippen molar-refractivity contribution in [2.75, 3.05) is 25.0 Å². The van der Waals surface area contributed by atoms with Crippen LogP contribution in [0.15, 0.2) is 21.5 Å². The lowest BCUT2D eigenvalue weighted by atomic mass is 9.95. The summed E-state index contributed by atoms with van der Waals surface area (Å²) >= 11 is 0. The van der Waals surface area contributed by atoms with Crippen LogP contribution < -0.4 is 15.2 Å². The minimum atomic E-state index is -3.51. The molecule has 0 saturated carbocycles. The summed E-state index contributed by atoms with van der Waals surface area (Å²) < 4.78 is 24.8. The Morgan fingerprint density at radius 2 is 2.12 bits per heavy atom. The van der Waals surface area contributed by atoms with Crippen molar-refractivity contribution >= 4 is 21.6 Å². The Balaban J connectivity index is 1.28. The highest BCUT2D eigenvalue weighted by atomic mass is 32.2. The first-order valence-corrected chi connectivity index (χ1v) is 13.4. The van der Waals surface area contributed by atoms with Crippen molar-refractivity contribution in [3.05, 3.63) is 34.5 Å². The van der Waals surface area contributed by atoms with E-state index in [0.717, 1.165) is 50.9 Å². The maximum absolute atomic E-state index is 13.3. The highest BCUT2D eigenvalue weighted by Crippen LogP contribution is 2.44. The summed E-state index contributed by atoms with van der Waals surface area (Å²) in [5.74, 6) is 0.727. The molecule has 0 radical (unpaired) electrons. The number of fused-ring (bicyclic) bond motifs is 3. The molecule has 2 aliphatic heterocycles. The molecule has 3 atom stereocenters. The number of urea groups is 1. The maximum Gasteiger partial charge on any atom is 0.354 e. The van der Waals surface area contributed by atoms with Crippen molar-refractivity contribution in [3.63, 3.8) is 0 Å². The quantitative estimate of drug-likeness (QED) is 0.716. The van der Waals surface area contributed by atoms with E-state index in [4.69, 9.17) is 9.88 Å². The smallest absolute Gasteiger partial charge is 0.354 e. The highest BCUT2D eigenvalue weighted by Gasteiger charge is 2.33. The fourth-order valence-corrected chi connectivity index (χ4v) is 6.74. The van der Waals surface area contributed by atoms with Gasteiger partial charge < -0.3 is 10.1 Å². The van der Waals surface area contributed by atoms with Crippen LogP contribution in [-0.4, -0.2) is 50.7 Å². The van der Waals surface area contributed by atoms with Gasteiger partial charge in [-0.05, 0) is 79.8 Å². The molecule has 2 aromatic rings. The third-order valence-corrected chi connectivity index (χ3v) is 8.94. The molecule has 1 aromatic heterocycles. The fourth-order valence-electron chi connectivity index (χ4n) is 5.74. The number of benzene rings is 1. The van der Waals surface area contributed by atoms with Gasteiger partial charge in [0.1, 0.15) is 11.5 Å². The van der Waals surface area contributed by atoms with E-state index >= 15 is 0 Å². The largest absolute Gasteiger partial charge is 0.475 e. The highest BCUT2D eigenvalue weighted by molar-refractivity contribution is 7.91. The number of anilines is 1. The predicted molar refractivity (Wildman–Crippen MR) is 125 cm³/mol. The number of nitrogens with zero attached hydrogens (tertiary/aromatic N) is 4. The van der Waals surface area contributed by atoms with Gasteiger partial charge in [-0.3, -0.25) is 4.90 Å². The van der Waals surface area contributed by atoms with Gasteiger partial charge in [0.05, 0.1) is 18.8 Å². The molecule has 176 valence electrons. The van der Waals surface area contributed by atoms with Crippen molar-refractivity contribution in [1.82, 2.24) is 14.7 Å². The number of nitrogens with two attached hydrogens (primary N) is 1. The molecule has 1 aromatic carbocycles. The zero-order chi connectivity index (χ0) is 22.7. The van der Waals surface area contributed by atoms with E-state index in [1.54, 1.807) is 4.68 Å². The molecule has 33 heavy (non-hydrogen) atoms. The monoisotopic (exact) mass is 470 g/mol. The summed E-state index contributed by atoms with van der Waals surface area (Å²) in [4.78, 5) is 15.5. The van der Waals surface area contributed by atoms with Crippen LogP contribution in [-0.2, 0) is 35.7 Å². The summed E-state index contributed by atoms with van der Waals surface area (Å²) in [6.45, 7) is 5.45. The van der Waals surface area contributed by atoms with E-state index in [0.29, 0.717) is 24.9 Å². The third-order valence-electron chi connectivity index (χ3n) is 7.59. The molecule has 0 spiro atoms. The van der Waals surface area contributed by atoms with Crippen molar-refractivity contribution in [3.8, 4) is 5.88 Å². The predicted octanol–water partition coefficient (Wildman–Crippen LogP) is 2.82. The Labute approximate surface area is 194 Å². The Morgan fingerprint density at radius 3 is 2.91 bits per heavy atom. The standard InChI is InChI=1S/C23H30N6O3S/c1-14-6-7-16-10-15-4-2-5-18(15)21(20(14)16)26-23(30)27-33(24,31)19-11-25-29-12-17(13-32-22(19)29)28-8-3-9-28/h10-11,14,17H,2-9,12-13H2,1H3,(H3,24,26,27,30,31)/t14-,17+,33?/m1/s1.